The van der Waals surface area contributed by atoms with Gasteiger partial charge in [0, 0.05) is 35.7 Å². The zero-order valence-corrected chi connectivity index (χ0v) is 24.8. The summed E-state index contributed by atoms with van der Waals surface area (Å²) in [7, 11) is 1.42. The lowest BCUT2D eigenvalue weighted by atomic mass is 9.63. The van der Waals surface area contributed by atoms with Gasteiger partial charge in [-0.25, -0.2) is 4.79 Å². The van der Waals surface area contributed by atoms with Gasteiger partial charge in [0.25, 0.3) is 0 Å². The lowest BCUT2D eigenvalue weighted by molar-refractivity contribution is -0.117. The maximum absolute atomic E-state index is 13.1. The highest BCUT2D eigenvalue weighted by Gasteiger charge is 2.49. The SMILES string of the molecule is CCN(C(=O)OC)C1CCC(CC(=O)Nc2cnc(-c3ccc([C@]4(N)C[C@](C)(O)C4)cc3)c(-c3ccccc3)c2)CC1. The Hall–Kier alpha value is -3.75. The van der Waals surface area contributed by atoms with E-state index in [2.05, 4.69) is 5.32 Å². The van der Waals surface area contributed by atoms with Crippen molar-refractivity contribution in [3.63, 3.8) is 0 Å². The van der Waals surface area contributed by atoms with Crippen molar-refractivity contribution in [1.82, 2.24) is 9.88 Å². The second-order valence-corrected chi connectivity index (χ2v) is 12.3. The van der Waals surface area contributed by atoms with Gasteiger partial charge in [0.15, 0.2) is 0 Å². The monoisotopic (exact) mass is 570 g/mol. The molecule has 2 aromatic carbocycles. The Bertz CT molecular complexity index is 1390. The summed E-state index contributed by atoms with van der Waals surface area (Å²) in [5, 5.41) is 13.3. The molecule has 0 aliphatic heterocycles. The molecule has 42 heavy (non-hydrogen) atoms. The van der Waals surface area contributed by atoms with Gasteiger partial charge in [-0.05, 0) is 75.5 Å². The van der Waals surface area contributed by atoms with E-state index in [4.69, 9.17) is 15.5 Å². The molecule has 2 aliphatic rings. The number of hydrogen-bond acceptors (Lipinski definition) is 6. The van der Waals surface area contributed by atoms with Crippen LogP contribution in [0.1, 0.15) is 64.4 Å². The van der Waals surface area contributed by atoms with E-state index in [1.54, 1.807) is 11.1 Å². The molecule has 0 radical (unpaired) electrons. The van der Waals surface area contributed by atoms with Gasteiger partial charge in [0.05, 0.1) is 30.3 Å². The maximum Gasteiger partial charge on any atom is 0.409 e. The van der Waals surface area contributed by atoms with Crippen LogP contribution < -0.4 is 11.1 Å². The summed E-state index contributed by atoms with van der Waals surface area (Å²) in [4.78, 5) is 31.7. The summed E-state index contributed by atoms with van der Waals surface area (Å²) < 4.78 is 4.93. The first kappa shape index (κ1) is 29.7. The van der Waals surface area contributed by atoms with Crippen molar-refractivity contribution in [3.8, 4) is 22.4 Å². The summed E-state index contributed by atoms with van der Waals surface area (Å²) in [5.41, 5.74) is 10.7. The van der Waals surface area contributed by atoms with E-state index in [1.165, 1.54) is 7.11 Å². The molecular weight excluding hydrogens is 528 g/mol. The Morgan fingerprint density at radius 3 is 2.31 bits per heavy atom. The number of nitrogens with one attached hydrogen (secondary N) is 1. The number of pyridine rings is 1. The van der Waals surface area contributed by atoms with Crippen LogP contribution in [0, 0.1) is 5.92 Å². The fraction of sp³-hybridized carbons (Fsp3) is 0.441. The predicted molar refractivity (Wildman–Crippen MR) is 165 cm³/mol. The number of anilines is 1. The fourth-order valence-corrected chi connectivity index (χ4v) is 6.86. The summed E-state index contributed by atoms with van der Waals surface area (Å²) >= 11 is 0. The van der Waals surface area contributed by atoms with E-state index < -0.39 is 11.1 Å². The molecule has 0 saturated heterocycles. The van der Waals surface area contributed by atoms with Crippen molar-refractivity contribution >= 4 is 17.7 Å². The van der Waals surface area contributed by atoms with Crippen LogP contribution in [-0.4, -0.2) is 52.3 Å². The normalized spacial score (nSPS) is 25.3. The van der Waals surface area contributed by atoms with Crippen LogP contribution in [0.4, 0.5) is 10.5 Å². The molecule has 1 heterocycles. The second-order valence-electron chi connectivity index (χ2n) is 12.3. The molecule has 8 nitrogen and oxygen atoms in total. The Morgan fingerprint density at radius 1 is 1.05 bits per heavy atom. The number of carbonyl (C=O) groups excluding carboxylic acids is 2. The van der Waals surface area contributed by atoms with E-state index in [0.29, 0.717) is 31.5 Å². The van der Waals surface area contributed by atoms with Gasteiger partial charge in [-0.1, -0.05) is 54.6 Å². The van der Waals surface area contributed by atoms with E-state index in [0.717, 1.165) is 53.6 Å². The Morgan fingerprint density at radius 2 is 1.71 bits per heavy atom. The average molecular weight is 571 g/mol. The number of aromatic nitrogens is 1. The van der Waals surface area contributed by atoms with Crippen molar-refractivity contribution < 1.29 is 19.4 Å². The van der Waals surface area contributed by atoms with Crippen molar-refractivity contribution in [3.05, 3.63) is 72.4 Å². The fourth-order valence-electron chi connectivity index (χ4n) is 6.86. The standard InChI is InChI=1S/C34H42N4O4/c1-4-38(32(40)42-3)28-16-10-23(11-17-28)18-30(39)37-27-19-29(24-8-6-5-7-9-24)31(36-20-27)25-12-14-26(15-13-25)34(35)21-33(2,41)22-34/h5-9,12-15,19-20,23,28,41H,4,10-11,16-18,21-22,35H2,1-3H3,(H,37,39)/t23?,28?,33-,34-. The molecule has 4 N–H and O–H groups in total. The summed E-state index contributed by atoms with van der Waals surface area (Å²) in [6.07, 6.45) is 6.49. The van der Waals surface area contributed by atoms with Crippen molar-refractivity contribution in [1.29, 1.82) is 0 Å². The molecular formula is C34H42N4O4. The Kier molecular flexibility index (Phi) is 8.66. The minimum atomic E-state index is -0.712. The number of nitrogens with zero attached hydrogens (tertiary/aromatic N) is 2. The lowest BCUT2D eigenvalue weighted by Gasteiger charge is -2.49. The largest absolute Gasteiger partial charge is 0.453 e. The number of nitrogens with two attached hydrogens (primary N) is 1. The third-order valence-electron chi connectivity index (χ3n) is 8.86. The van der Waals surface area contributed by atoms with Crippen molar-refractivity contribution in [2.24, 2.45) is 11.7 Å². The second kappa shape index (κ2) is 12.2. The van der Waals surface area contributed by atoms with E-state index in [1.807, 2.05) is 74.5 Å². The van der Waals surface area contributed by atoms with E-state index >= 15 is 0 Å². The van der Waals surface area contributed by atoms with Crippen LogP contribution >= 0.6 is 0 Å². The molecule has 8 heteroatoms. The van der Waals surface area contributed by atoms with Gasteiger partial charge in [0.1, 0.15) is 0 Å². The quantitative estimate of drug-likeness (QED) is 0.302. The van der Waals surface area contributed by atoms with Crippen LogP contribution in [0.15, 0.2) is 66.9 Å². The Labute approximate surface area is 248 Å². The number of ether oxygens (including phenoxy) is 1. The molecule has 2 saturated carbocycles. The van der Waals surface area contributed by atoms with Gasteiger partial charge < -0.3 is 25.8 Å². The topological polar surface area (TPSA) is 118 Å². The minimum Gasteiger partial charge on any atom is -0.453 e. The number of aliphatic hydroxyl groups is 1. The third-order valence-corrected chi connectivity index (χ3v) is 8.86. The number of amides is 2. The van der Waals surface area contributed by atoms with Gasteiger partial charge in [-0.2, -0.15) is 0 Å². The predicted octanol–water partition coefficient (Wildman–Crippen LogP) is 6.09. The van der Waals surface area contributed by atoms with Gasteiger partial charge in [-0.15, -0.1) is 0 Å². The van der Waals surface area contributed by atoms with Crippen LogP contribution in [0.5, 0.6) is 0 Å². The smallest absolute Gasteiger partial charge is 0.409 e. The molecule has 1 aromatic heterocycles. The van der Waals surface area contributed by atoms with Crippen molar-refractivity contribution in [2.45, 2.75) is 76.0 Å². The van der Waals surface area contributed by atoms with Crippen molar-refractivity contribution in [2.75, 3.05) is 19.0 Å². The zero-order chi connectivity index (χ0) is 29.9. The third kappa shape index (κ3) is 6.50. The molecule has 2 aliphatic carbocycles. The van der Waals surface area contributed by atoms with E-state index in [9.17, 15) is 14.7 Å². The number of carbonyl (C=O) groups is 2. The highest BCUT2D eigenvalue weighted by molar-refractivity contribution is 5.93. The van der Waals surface area contributed by atoms with Crippen LogP contribution in [0.3, 0.4) is 0 Å². The van der Waals surface area contributed by atoms with Gasteiger partial charge in [0.2, 0.25) is 5.91 Å². The number of benzene rings is 2. The first-order valence-electron chi connectivity index (χ1n) is 14.9. The van der Waals surface area contributed by atoms with Gasteiger partial charge >= 0.3 is 6.09 Å². The zero-order valence-electron chi connectivity index (χ0n) is 24.8. The molecule has 0 atom stereocenters. The summed E-state index contributed by atoms with van der Waals surface area (Å²) in [6.45, 7) is 4.41. The molecule has 0 bridgehead atoms. The molecule has 0 spiro atoms. The number of methoxy groups -OCH3 is 1. The van der Waals surface area contributed by atoms with Crippen LogP contribution in [-0.2, 0) is 15.1 Å². The number of rotatable bonds is 8. The molecule has 222 valence electrons. The average Bonchev–Trinajstić information content (AvgIpc) is 2.97. The molecule has 5 rings (SSSR count). The summed E-state index contributed by atoms with van der Waals surface area (Å²) in [6, 6.07) is 20.3. The van der Waals surface area contributed by atoms with Gasteiger partial charge in [-0.3, -0.25) is 9.78 Å². The number of hydrogen-bond donors (Lipinski definition) is 3. The van der Waals surface area contributed by atoms with Crippen LogP contribution in [0.2, 0.25) is 0 Å². The molecule has 2 amide bonds. The molecule has 2 fully saturated rings. The molecule has 3 aromatic rings. The van der Waals surface area contributed by atoms with E-state index in [-0.39, 0.29) is 24.0 Å². The first-order valence-corrected chi connectivity index (χ1v) is 14.9. The first-order chi connectivity index (χ1) is 20.1. The summed E-state index contributed by atoms with van der Waals surface area (Å²) in [5.74, 6) is 0.253. The minimum absolute atomic E-state index is 0.0266. The maximum atomic E-state index is 13.1. The molecule has 0 unspecified atom stereocenters. The highest BCUT2D eigenvalue weighted by atomic mass is 16.5. The lowest BCUT2D eigenvalue weighted by Crippen LogP contribution is -2.58. The van der Waals surface area contributed by atoms with Crippen LogP contribution in [0.25, 0.3) is 22.4 Å². The Balaban J connectivity index is 1.28. The highest BCUT2D eigenvalue weighted by Crippen LogP contribution is 2.46.